The van der Waals surface area contributed by atoms with Crippen LogP contribution >= 0.6 is 0 Å². The summed E-state index contributed by atoms with van der Waals surface area (Å²) in [7, 11) is 1.65. The van der Waals surface area contributed by atoms with Crippen molar-refractivity contribution in [3.8, 4) is 0 Å². The van der Waals surface area contributed by atoms with Gasteiger partial charge in [-0.25, -0.2) is 4.98 Å². The molecule has 1 unspecified atom stereocenters. The topological polar surface area (TPSA) is 73.9 Å². The molecular formula is C14H16N4O. The second kappa shape index (κ2) is 4.93. The molecule has 2 aromatic rings. The molecule has 0 spiro atoms. The van der Waals surface area contributed by atoms with E-state index in [1.807, 2.05) is 30.3 Å². The van der Waals surface area contributed by atoms with E-state index in [9.17, 15) is 0 Å². The lowest BCUT2D eigenvalue weighted by atomic mass is 10.1. The van der Waals surface area contributed by atoms with Crippen LogP contribution < -0.4 is 5.73 Å². The van der Waals surface area contributed by atoms with Gasteiger partial charge >= 0.3 is 0 Å². The Hall–Kier alpha value is -2.01. The molecule has 5 nitrogen and oxygen atoms in total. The number of ether oxygens (including phenoxy) is 1. The number of methoxy groups -OCH3 is 1. The number of nitrogen functional groups attached to an aromatic ring is 1. The molecule has 1 heterocycles. The zero-order chi connectivity index (χ0) is 13.2. The highest BCUT2D eigenvalue weighted by atomic mass is 16.5. The Bertz CT molecular complexity index is 569. The maximum absolute atomic E-state index is 5.78. The fourth-order valence-corrected chi connectivity index (χ4v) is 2.09. The molecule has 1 aliphatic carbocycles. The second-order valence-corrected chi connectivity index (χ2v) is 4.71. The molecule has 5 heteroatoms. The molecule has 1 atom stereocenters. The van der Waals surface area contributed by atoms with Crippen molar-refractivity contribution in [2.24, 2.45) is 0 Å². The van der Waals surface area contributed by atoms with E-state index in [1.54, 1.807) is 7.11 Å². The summed E-state index contributed by atoms with van der Waals surface area (Å²) in [6.07, 6.45) is 1.96. The number of rotatable bonds is 4. The quantitative estimate of drug-likeness (QED) is 0.906. The van der Waals surface area contributed by atoms with Crippen molar-refractivity contribution in [1.82, 2.24) is 15.0 Å². The van der Waals surface area contributed by atoms with E-state index in [4.69, 9.17) is 10.5 Å². The normalized spacial score (nSPS) is 16.3. The monoisotopic (exact) mass is 256 g/mol. The third kappa shape index (κ3) is 2.56. The van der Waals surface area contributed by atoms with Gasteiger partial charge in [0.1, 0.15) is 11.9 Å². The van der Waals surface area contributed by atoms with Gasteiger partial charge in [0.05, 0.1) is 0 Å². The van der Waals surface area contributed by atoms with E-state index >= 15 is 0 Å². The summed E-state index contributed by atoms with van der Waals surface area (Å²) in [5.41, 5.74) is 6.79. The van der Waals surface area contributed by atoms with Crippen LogP contribution in [0.5, 0.6) is 0 Å². The molecule has 1 fully saturated rings. The summed E-state index contributed by atoms with van der Waals surface area (Å²) in [6.45, 7) is 0. The summed E-state index contributed by atoms with van der Waals surface area (Å²) < 4.78 is 5.52. The number of hydrogen-bond donors (Lipinski definition) is 1. The number of nitrogens with two attached hydrogens (primary N) is 1. The van der Waals surface area contributed by atoms with Crippen LogP contribution in [0.25, 0.3) is 0 Å². The van der Waals surface area contributed by atoms with Crippen LogP contribution in [0.3, 0.4) is 0 Å². The maximum Gasteiger partial charge on any atom is 0.223 e. The molecule has 0 saturated heterocycles. The summed E-state index contributed by atoms with van der Waals surface area (Å²) in [5, 5.41) is 0. The van der Waals surface area contributed by atoms with Crippen LogP contribution in [0.2, 0.25) is 0 Å². The van der Waals surface area contributed by atoms with Gasteiger partial charge in [-0.1, -0.05) is 30.3 Å². The van der Waals surface area contributed by atoms with Gasteiger partial charge in [0, 0.05) is 13.0 Å². The minimum absolute atomic E-state index is 0.268. The smallest absolute Gasteiger partial charge is 0.223 e. The third-order valence-corrected chi connectivity index (χ3v) is 3.20. The molecular weight excluding hydrogens is 240 g/mol. The van der Waals surface area contributed by atoms with Crippen LogP contribution in [0.1, 0.15) is 42.1 Å². The van der Waals surface area contributed by atoms with E-state index in [1.165, 1.54) is 0 Å². The van der Waals surface area contributed by atoms with Gasteiger partial charge in [0.25, 0.3) is 0 Å². The van der Waals surface area contributed by atoms with Gasteiger partial charge in [0.2, 0.25) is 5.95 Å². The van der Waals surface area contributed by atoms with E-state index in [0.717, 1.165) is 24.2 Å². The highest BCUT2D eigenvalue weighted by molar-refractivity contribution is 5.27. The highest BCUT2D eigenvalue weighted by Crippen LogP contribution is 2.38. The van der Waals surface area contributed by atoms with E-state index in [2.05, 4.69) is 15.0 Å². The first kappa shape index (κ1) is 12.0. The molecule has 0 aliphatic heterocycles. The van der Waals surface area contributed by atoms with Crippen LogP contribution in [0.15, 0.2) is 30.3 Å². The summed E-state index contributed by atoms with van der Waals surface area (Å²) in [5.74, 6) is 2.09. The standard InChI is InChI=1S/C14H16N4O/c1-19-11(9-5-3-2-4-6-9)13-16-12(10-7-8-10)17-14(15)18-13/h2-6,10-11H,7-8H2,1H3,(H2,15,16,17,18). The predicted molar refractivity (Wildman–Crippen MR) is 71.5 cm³/mol. The van der Waals surface area contributed by atoms with Gasteiger partial charge in [-0.15, -0.1) is 0 Å². The van der Waals surface area contributed by atoms with Crippen LogP contribution in [-0.4, -0.2) is 22.1 Å². The van der Waals surface area contributed by atoms with Crippen molar-refractivity contribution < 1.29 is 4.74 Å². The predicted octanol–water partition coefficient (Wildman–Crippen LogP) is 2.07. The SMILES string of the molecule is COC(c1ccccc1)c1nc(N)nc(C2CC2)n1. The van der Waals surface area contributed by atoms with Gasteiger partial charge in [-0.3, -0.25) is 0 Å². The molecule has 98 valence electrons. The Kier molecular flexibility index (Phi) is 3.13. The lowest BCUT2D eigenvalue weighted by molar-refractivity contribution is 0.128. The number of hydrogen-bond acceptors (Lipinski definition) is 5. The number of benzene rings is 1. The molecule has 1 aromatic heterocycles. The van der Waals surface area contributed by atoms with Gasteiger partial charge in [-0.05, 0) is 18.4 Å². The van der Waals surface area contributed by atoms with E-state index in [-0.39, 0.29) is 12.1 Å². The molecule has 3 rings (SSSR count). The summed E-state index contributed by atoms with van der Waals surface area (Å²) in [6, 6.07) is 9.88. The first-order valence-corrected chi connectivity index (χ1v) is 6.37. The summed E-state index contributed by atoms with van der Waals surface area (Å²) >= 11 is 0. The van der Waals surface area contributed by atoms with Gasteiger partial charge < -0.3 is 10.5 Å². The Balaban J connectivity index is 1.99. The Morgan fingerprint density at radius 3 is 2.53 bits per heavy atom. The van der Waals surface area contributed by atoms with Crippen LogP contribution in [0, 0.1) is 0 Å². The van der Waals surface area contributed by atoms with Crippen molar-refractivity contribution in [3.63, 3.8) is 0 Å². The lowest BCUT2D eigenvalue weighted by Gasteiger charge is -2.15. The van der Waals surface area contributed by atoms with Crippen molar-refractivity contribution in [2.45, 2.75) is 24.9 Å². The van der Waals surface area contributed by atoms with Crippen molar-refractivity contribution in [1.29, 1.82) is 0 Å². The fourth-order valence-electron chi connectivity index (χ4n) is 2.09. The van der Waals surface area contributed by atoms with Crippen molar-refractivity contribution in [3.05, 3.63) is 47.5 Å². The largest absolute Gasteiger partial charge is 0.369 e. The van der Waals surface area contributed by atoms with E-state index < -0.39 is 0 Å². The zero-order valence-corrected chi connectivity index (χ0v) is 10.8. The van der Waals surface area contributed by atoms with Crippen molar-refractivity contribution >= 4 is 5.95 Å². The van der Waals surface area contributed by atoms with Gasteiger partial charge in [-0.2, -0.15) is 9.97 Å². The maximum atomic E-state index is 5.78. The Morgan fingerprint density at radius 2 is 1.89 bits per heavy atom. The van der Waals surface area contributed by atoms with Crippen molar-refractivity contribution in [2.75, 3.05) is 12.8 Å². The lowest BCUT2D eigenvalue weighted by Crippen LogP contribution is -2.13. The average Bonchev–Trinajstić information content (AvgIpc) is 3.24. The molecule has 0 bridgehead atoms. The fraction of sp³-hybridized carbons (Fsp3) is 0.357. The molecule has 19 heavy (non-hydrogen) atoms. The van der Waals surface area contributed by atoms with Crippen LogP contribution in [0.4, 0.5) is 5.95 Å². The number of nitrogens with zero attached hydrogens (tertiary/aromatic N) is 3. The molecule has 1 aromatic carbocycles. The Morgan fingerprint density at radius 1 is 1.16 bits per heavy atom. The van der Waals surface area contributed by atoms with E-state index in [0.29, 0.717) is 11.7 Å². The summed E-state index contributed by atoms with van der Waals surface area (Å²) in [4.78, 5) is 12.9. The van der Waals surface area contributed by atoms with Crippen LogP contribution in [-0.2, 0) is 4.74 Å². The number of aromatic nitrogens is 3. The first-order valence-electron chi connectivity index (χ1n) is 6.37. The minimum Gasteiger partial charge on any atom is -0.369 e. The molecule has 1 saturated carbocycles. The zero-order valence-electron chi connectivity index (χ0n) is 10.8. The average molecular weight is 256 g/mol. The number of anilines is 1. The molecule has 1 aliphatic rings. The molecule has 2 N–H and O–H groups in total. The molecule has 0 amide bonds. The highest BCUT2D eigenvalue weighted by Gasteiger charge is 2.29. The minimum atomic E-state index is -0.302. The second-order valence-electron chi connectivity index (χ2n) is 4.71. The Labute approximate surface area is 111 Å². The van der Waals surface area contributed by atoms with Gasteiger partial charge in [0.15, 0.2) is 5.82 Å². The first-order chi connectivity index (χ1) is 9.28. The third-order valence-electron chi connectivity index (χ3n) is 3.20. The molecule has 0 radical (unpaired) electrons.